The standard InChI is InChI=1S/C17H23BrF2N2O2/c1-11-9-21(7-8-22(11)16(23)24-17(2,3)4)10-12-13(19)5-6-14(20)15(12)18/h5-6,11H,7-10H2,1-4H3/t11-/m1/s1. The Morgan fingerprint density at radius 3 is 2.50 bits per heavy atom. The molecule has 1 atom stereocenters. The molecule has 0 aliphatic carbocycles. The van der Waals surface area contributed by atoms with Gasteiger partial charge in [-0.05, 0) is 55.8 Å². The van der Waals surface area contributed by atoms with Gasteiger partial charge in [-0.2, -0.15) is 0 Å². The lowest BCUT2D eigenvalue weighted by molar-refractivity contribution is 0.000410. The Morgan fingerprint density at radius 2 is 1.92 bits per heavy atom. The fraction of sp³-hybridized carbons (Fsp3) is 0.588. The van der Waals surface area contributed by atoms with Crippen molar-refractivity contribution in [2.45, 2.75) is 45.9 Å². The molecule has 0 saturated carbocycles. The molecule has 0 aromatic heterocycles. The Balaban J connectivity index is 2.01. The first-order valence-corrected chi connectivity index (χ1v) is 8.72. The number of nitrogens with zero attached hydrogens (tertiary/aromatic N) is 2. The molecule has 1 amide bonds. The number of carbonyl (C=O) groups excluding carboxylic acids is 1. The topological polar surface area (TPSA) is 32.8 Å². The van der Waals surface area contributed by atoms with Crippen LogP contribution in [0.15, 0.2) is 16.6 Å². The maximum absolute atomic E-state index is 14.0. The number of ether oxygens (including phenoxy) is 1. The van der Waals surface area contributed by atoms with Crippen LogP contribution in [-0.4, -0.2) is 47.2 Å². The average molecular weight is 405 g/mol. The number of hydrogen-bond acceptors (Lipinski definition) is 3. The third-order valence-corrected chi connectivity index (χ3v) is 4.72. The number of piperazine rings is 1. The first-order chi connectivity index (χ1) is 11.1. The van der Waals surface area contributed by atoms with E-state index in [2.05, 4.69) is 15.9 Å². The Kier molecular flexibility index (Phi) is 5.86. The van der Waals surface area contributed by atoms with E-state index in [1.54, 1.807) is 4.90 Å². The van der Waals surface area contributed by atoms with Gasteiger partial charge < -0.3 is 9.64 Å². The van der Waals surface area contributed by atoms with Crippen molar-refractivity contribution in [3.05, 3.63) is 33.8 Å². The molecule has 0 bridgehead atoms. The van der Waals surface area contributed by atoms with Gasteiger partial charge >= 0.3 is 6.09 Å². The van der Waals surface area contributed by atoms with Crippen LogP contribution in [0.1, 0.15) is 33.3 Å². The van der Waals surface area contributed by atoms with Crippen molar-refractivity contribution in [2.75, 3.05) is 19.6 Å². The molecule has 0 unspecified atom stereocenters. The molecule has 1 aromatic rings. The zero-order chi connectivity index (χ0) is 18.1. The number of hydrogen-bond donors (Lipinski definition) is 0. The van der Waals surface area contributed by atoms with Gasteiger partial charge in [-0.1, -0.05) is 0 Å². The lowest BCUT2D eigenvalue weighted by Gasteiger charge is -2.40. The molecule has 0 spiro atoms. The first kappa shape index (κ1) is 19.1. The number of amides is 1. The second-order valence-electron chi connectivity index (χ2n) is 7.08. The third kappa shape index (κ3) is 4.66. The minimum atomic E-state index is -0.538. The van der Waals surface area contributed by atoms with E-state index in [1.807, 2.05) is 32.6 Å². The smallest absolute Gasteiger partial charge is 0.410 e. The molecule has 1 heterocycles. The van der Waals surface area contributed by atoms with Crippen molar-refractivity contribution < 1.29 is 18.3 Å². The van der Waals surface area contributed by atoms with Crippen molar-refractivity contribution in [3.8, 4) is 0 Å². The van der Waals surface area contributed by atoms with Gasteiger partial charge in [-0.3, -0.25) is 4.90 Å². The number of halogens is 3. The predicted molar refractivity (Wildman–Crippen MR) is 91.7 cm³/mol. The minimum absolute atomic E-state index is 0.0657. The Hall–Kier alpha value is -1.21. The zero-order valence-corrected chi connectivity index (χ0v) is 16.0. The van der Waals surface area contributed by atoms with Gasteiger partial charge in [0.1, 0.15) is 17.2 Å². The zero-order valence-electron chi connectivity index (χ0n) is 14.4. The first-order valence-electron chi connectivity index (χ1n) is 7.93. The van der Waals surface area contributed by atoms with Gasteiger partial charge in [0.15, 0.2) is 0 Å². The van der Waals surface area contributed by atoms with Crippen LogP contribution in [0.4, 0.5) is 13.6 Å². The van der Waals surface area contributed by atoms with Crippen LogP contribution in [0.25, 0.3) is 0 Å². The molecule has 7 heteroatoms. The molecule has 24 heavy (non-hydrogen) atoms. The summed E-state index contributed by atoms with van der Waals surface area (Å²) in [6.45, 7) is 9.34. The maximum atomic E-state index is 14.0. The van der Waals surface area contributed by atoms with Crippen LogP contribution < -0.4 is 0 Å². The molecule has 4 nitrogen and oxygen atoms in total. The SMILES string of the molecule is C[C@@H]1CN(Cc2c(F)ccc(F)c2Br)CCN1C(=O)OC(C)(C)C. The lowest BCUT2D eigenvalue weighted by atomic mass is 10.1. The summed E-state index contributed by atoms with van der Waals surface area (Å²) in [6.07, 6.45) is -0.340. The van der Waals surface area contributed by atoms with Gasteiger partial charge in [0, 0.05) is 37.8 Å². The highest BCUT2D eigenvalue weighted by Gasteiger charge is 2.31. The van der Waals surface area contributed by atoms with Gasteiger partial charge in [0.05, 0.1) is 4.47 Å². The van der Waals surface area contributed by atoms with Crippen LogP contribution in [0.5, 0.6) is 0 Å². The van der Waals surface area contributed by atoms with Crippen molar-refractivity contribution in [2.24, 2.45) is 0 Å². The fourth-order valence-corrected chi connectivity index (χ4v) is 3.15. The second kappa shape index (κ2) is 7.35. The molecule has 1 aromatic carbocycles. The fourth-order valence-electron chi connectivity index (χ4n) is 2.71. The predicted octanol–water partition coefficient (Wildman–Crippen LogP) is 4.17. The Morgan fingerprint density at radius 1 is 1.29 bits per heavy atom. The molecule has 1 aliphatic rings. The summed E-state index contributed by atoms with van der Waals surface area (Å²) < 4.78 is 33.1. The molecule has 0 N–H and O–H groups in total. The van der Waals surface area contributed by atoms with Crippen LogP contribution in [0.3, 0.4) is 0 Å². The number of rotatable bonds is 2. The van der Waals surface area contributed by atoms with E-state index < -0.39 is 17.2 Å². The van der Waals surface area contributed by atoms with E-state index in [-0.39, 0.29) is 23.2 Å². The average Bonchev–Trinajstić information content (AvgIpc) is 2.46. The van der Waals surface area contributed by atoms with E-state index in [1.165, 1.54) is 0 Å². The summed E-state index contributed by atoms with van der Waals surface area (Å²) in [7, 11) is 0. The van der Waals surface area contributed by atoms with Crippen molar-refractivity contribution >= 4 is 22.0 Å². The molecule has 1 aliphatic heterocycles. The van der Waals surface area contributed by atoms with E-state index in [9.17, 15) is 13.6 Å². The van der Waals surface area contributed by atoms with Crippen LogP contribution in [0, 0.1) is 11.6 Å². The van der Waals surface area contributed by atoms with E-state index in [0.29, 0.717) is 25.2 Å². The van der Waals surface area contributed by atoms with Gasteiger partial charge in [0.2, 0.25) is 0 Å². The molecule has 2 rings (SSSR count). The van der Waals surface area contributed by atoms with Gasteiger partial charge in [0.25, 0.3) is 0 Å². The largest absolute Gasteiger partial charge is 0.444 e. The minimum Gasteiger partial charge on any atom is -0.444 e. The van der Waals surface area contributed by atoms with Crippen LogP contribution in [-0.2, 0) is 11.3 Å². The Labute approximate surface area is 149 Å². The summed E-state index contributed by atoms with van der Waals surface area (Å²) in [4.78, 5) is 15.9. The summed E-state index contributed by atoms with van der Waals surface area (Å²) in [5.41, 5.74) is -0.239. The van der Waals surface area contributed by atoms with Gasteiger partial charge in [-0.15, -0.1) is 0 Å². The highest BCUT2D eigenvalue weighted by Crippen LogP contribution is 2.26. The highest BCUT2D eigenvalue weighted by atomic mass is 79.9. The molecule has 0 radical (unpaired) electrons. The van der Waals surface area contributed by atoms with Gasteiger partial charge in [-0.25, -0.2) is 13.6 Å². The van der Waals surface area contributed by atoms with Crippen LogP contribution >= 0.6 is 15.9 Å². The Bertz CT molecular complexity index is 619. The van der Waals surface area contributed by atoms with Crippen molar-refractivity contribution in [1.29, 1.82) is 0 Å². The quantitative estimate of drug-likeness (QED) is 0.693. The summed E-state index contributed by atoms with van der Waals surface area (Å²) >= 11 is 3.11. The molecular formula is C17H23BrF2N2O2. The summed E-state index contributed by atoms with van der Waals surface area (Å²) in [5.74, 6) is -0.919. The van der Waals surface area contributed by atoms with Crippen LogP contribution in [0.2, 0.25) is 0 Å². The highest BCUT2D eigenvalue weighted by molar-refractivity contribution is 9.10. The van der Waals surface area contributed by atoms with E-state index >= 15 is 0 Å². The third-order valence-electron chi connectivity index (χ3n) is 3.86. The summed E-state index contributed by atoms with van der Waals surface area (Å²) in [6, 6.07) is 2.17. The monoisotopic (exact) mass is 404 g/mol. The number of carbonyl (C=O) groups is 1. The van der Waals surface area contributed by atoms with Crippen molar-refractivity contribution in [3.63, 3.8) is 0 Å². The summed E-state index contributed by atoms with van der Waals surface area (Å²) in [5, 5.41) is 0. The molecular weight excluding hydrogens is 382 g/mol. The van der Waals surface area contributed by atoms with E-state index in [4.69, 9.17) is 4.74 Å². The molecule has 134 valence electrons. The normalized spacial score (nSPS) is 19.5. The van der Waals surface area contributed by atoms with E-state index in [0.717, 1.165) is 12.1 Å². The molecule has 1 saturated heterocycles. The van der Waals surface area contributed by atoms with Crippen molar-refractivity contribution in [1.82, 2.24) is 9.80 Å². The maximum Gasteiger partial charge on any atom is 0.410 e. The second-order valence-corrected chi connectivity index (χ2v) is 7.87. The number of benzene rings is 1. The lowest BCUT2D eigenvalue weighted by Crippen LogP contribution is -2.54. The molecule has 1 fully saturated rings.